The van der Waals surface area contributed by atoms with E-state index in [1.165, 1.54) is 18.2 Å². The maximum atomic E-state index is 13.7. The SMILES string of the molecule is N#Cc1cc([N+](=O)[O-])cn(CC(=O)Nc2ccc(Br)cc2F)c1=O. The largest absolute Gasteiger partial charge is 0.322 e. The summed E-state index contributed by atoms with van der Waals surface area (Å²) in [5.74, 6) is -1.47. The predicted molar refractivity (Wildman–Crippen MR) is 84.8 cm³/mol. The van der Waals surface area contributed by atoms with Gasteiger partial charge in [-0.15, -0.1) is 0 Å². The number of carbonyl (C=O) groups is 1. The van der Waals surface area contributed by atoms with Crippen molar-refractivity contribution >= 4 is 33.2 Å². The first-order valence-electron chi connectivity index (χ1n) is 6.35. The van der Waals surface area contributed by atoms with Gasteiger partial charge >= 0.3 is 0 Å². The number of halogens is 2. The lowest BCUT2D eigenvalue weighted by Crippen LogP contribution is -2.29. The van der Waals surface area contributed by atoms with Crippen molar-refractivity contribution in [2.75, 3.05) is 5.32 Å². The summed E-state index contributed by atoms with van der Waals surface area (Å²) in [6, 6.07) is 6.32. The number of anilines is 1. The maximum Gasteiger partial charge on any atom is 0.287 e. The molecule has 0 atom stereocenters. The topological polar surface area (TPSA) is 118 Å². The Bertz CT molecular complexity index is 935. The monoisotopic (exact) mass is 394 g/mol. The number of hydrogen-bond donors (Lipinski definition) is 1. The molecule has 24 heavy (non-hydrogen) atoms. The standard InChI is InChI=1S/C14H8BrFN4O4/c15-9-1-2-12(11(16)4-9)18-13(21)7-19-6-10(20(23)24)3-8(5-17)14(19)22/h1-4,6H,7H2,(H,18,21). The van der Waals surface area contributed by atoms with E-state index in [0.29, 0.717) is 4.47 Å². The molecule has 0 aliphatic carbocycles. The number of aromatic nitrogens is 1. The van der Waals surface area contributed by atoms with E-state index in [0.717, 1.165) is 22.9 Å². The fraction of sp³-hybridized carbons (Fsp3) is 0.0714. The van der Waals surface area contributed by atoms with Gasteiger partial charge in [0.05, 0.1) is 16.8 Å². The Morgan fingerprint density at radius 3 is 2.75 bits per heavy atom. The zero-order valence-electron chi connectivity index (χ0n) is 11.8. The van der Waals surface area contributed by atoms with E-state index in [2.05, 4.69) is 21.2 Å². The van der Waals surface area contributed by atoms with Gasteiger partial charge in [-0.1, -0.05) is 15.9 Å². The highest BCUT2D eigenvalue weighted by atomic mass is 79.9. The van der Waals surface area contributed by atoms with Crippen LogP contribution in [0, 0.1) is 27.3 Å². The molecule has 0 spiro atoms. The predicted octanol–water partition coefficient (Wildman–Crippen LogP) is 2.17. The van der Waals surface area contributed by atoms with Crippen molar-refractivity contribution in [1.82, 2.24) is 4.57 Å². The molecule has 0 aliphatic rings. The van der Waals surface area contributed by atoms with Gasteiger partial charge in [0.15, 0.2) is 0 Å². The number of pyridine rings is 1. The van der Waals surface area contributed by atoms with E-state index in [9.17, 15) is 24.1 Å². The number of amides is 1. The van der Waals surface area contributed by atoms with E-state index < -0.39 is 40.0 Å². The van der Waals surface area contributed by atoms with E-state index >= 15 is 0 Å². The van der Waals surface area contributed by atoms with Crippen molar-refractivity contribution in [2.24, 2.45) is 0 Å². The molecule has 0 saturated carbocycles. The van der Waals surface area contributed by atoms with Crippen LogP contribution in [-0.4, -0.2) is 15.4 Å². The van der Waals surface area contributed by atoms with Crippen LogP contribution in [-0.2, 0) is 11.3 Å². The van der Waals surface area contributed by atoms with E-state index in [4.69, 9.17) is 5.26 Å². The average molecular weight is 395 g/mol. The van der Waals surface area contributed by atoms with Gasteiger partial charge in [-0.25, -0.2) is 4.39 Å². The van der Waals surface area contributed by atoms with Gasteiger partial charge in [-0.2, -0.15) is 5.26 Å². The fourth-order valence-corrected chi connectivity index (χ4v) is 2.19. The first-order chi connectivity index (χ1) is 11.3. The average Bonchev–Trinajstić information content (AvgIpc) is 2.51. The van der Waals surface area contributed by atoms with Crippen molar-refractivity contribution in [1.29, 1.82) is 5.26 Å². The second kappa shape index (κ2) is 7.01. The minimum Gasteiger partial charge on any atom is -0.322 e. The smallest absolute Gasteiger partial charge is 0.287 e. The lowest BCUT2D eigenvalue weighted by molar-refractivity contribution is -0.385. The Balaban J connectivity index is 2.29. The number of hydrogen-bond acceptors (Lipinski definition) is 5. The second-order valence-electron chi connectivity index (χ2n) is 4.59. The van der Waals surface area contributed by atoms with Crippen LogP contribution in [0.2, 0.25) is 0 Å². The summed E-state index contributed by atoms with van der Waals surface area (Å²) in [6.07, 6.45) is 0.848. The molecule has 1 amide bonds. The normalized spacial score (nSPS) is 10.0. The molecular weight excluding hydrogens is 387 g/mol. The molecule has 8 nitrogen and oxygen atoms in total. The molecular formula is C14H8BrFN4O4. The van der Waals surface area contributed by atoms with Gasteiger partial charge < -0.3 is 5.32 Å². The van der Waals surface area contributed by atoms with E-state index in [1.54, 1.807) is 0 Å². The minimum absolute atomic E-state index is 0.109. The van der Waals surface area contributed by atoms with Crippen molar-refractivity contribution in [2.45, 2.75) is 6.54 Å². The number of benzene rings is 1. The van der Waals surface area contributed by atoms with Gasteiger partial charge in [0.2, 0.25) is 5.91 Å². The number of nitriles is 1. The summed E-state index contributed by atoms with van der Waals surface area (Å²) in [6.45, 7) is -0.606. The third-order valence-corrected chi connectivity index (χ3v) is 3.42. The Morgan fingerprint density at radius 1 is 1.46 bits per heavy atom. The quantitative estimate of drug-likeness (QED) is 0.629. The van der Waals surface area contributed by atoms with Gasteiger partial charge in [-0.3, -0.25) is 24.3 Å². The van der Waals surface area contributed by atoms with E-state index in [1.807, 2.05) is 0 Å². The van der Waals surface area contributed by atoms with Gasteiger partial charge in [0, 0.05) is 10.5 Å². The highest BCUT2D eigenvalue weighted by molar-refractivity contribution is 9.10. The summed E-state index contributed by atoms with van der Waals surface area (Å²) in [7, 11) is 0. The summed E-state index contributed by atoms with van der Waals surface area (Å²) in [5, 5.41) is 21.9. The Morgan fingerprint density at radius 2 is 2.17 bits per heavy atom. The number of nitrogens with one attached hydrogen (secondary N) is 1. The molecule has 1 aromatic heterocycles. The van der Waals surface area contributed by atoms with Gasteiger partial charge in [0.1, 0.15) is 24.0 Å². The number of carbonyl (C=O) groups excluding carboxylic acids is 1. The molecule has 0 fully saturated rings. The van der Waals surface area contributed by atoms with Crippen LogP contribution in [0.3, 0.4) is 0 Å². The molecule has 0 radical (unpaired) electrons. The number of nitro groups is 1. The fourth-order valence-electron chi connectivity index (χ4n) is 1.85. The first-order valence-corrected chi connectivity index (χ1v) is 7.15. The minimum atomic E-state index is -0.852. The maximum absolute atomic E-state index is 13.7. The summed E-state index contributed by atoms with van der Waals surface area (Å²) in [5.41, 5.74) is -1.93. The molecule has 2 rings (SSSR count). The van der Waals surface area contributed by atoms with Gasteiger partial charge in [-0.05, 0) is 18.2 Å². The molecule has 10 heteroatoms. The molecule has 1 aromatic carbocycles. The van der Waals surface area contributed by atoms with Crippen LogP contribution in [0.5, 0.6) is 0 Å². The first kappa shape index (κ1) is 17.3. The summed E-state index contributed by atoms with van der Waals surface area (Å²) in [4.78, 5) is 33.9. The third kappa shape index (κ3) is 3.82. The zero-order valence-corrected chi connectivity index (χ0v) is 13.4. The Labute approximate surface area is 142 Å². The van der Waals surface area contributed by atoms with Crippen LogP contribution in [0.4, 0.5) is 15.8 Å². The van der Waals surface area contributed by atoms with Gasteiger partial charge in [0.25, 0.3) is 11.2 Å². The van der Waals surface area contributed by atoms with Crippen molar-refractivity contribution < 1.29 is 14.1 Å². The summed E-state index contributed by atoms with van der Waals surface area (Å²) >= 11 is 3.07. The van der Waals surface area contributed by atoms with Crippen LogP contribution in [0.1, 0.15) is 5.56 Å². The van der Waals surface area contributed by atoms with Crippen molar-refractivity contribution in [3.05, 3.63) is 66.8 Å². The van der Waals surface area contributed by atoms with Crippen molar-refractivity contribution in [3.8, 4) is 6.07 Å². The molecule has 1 heterocycles. The Hall–Kier alpha value is -3.06. The molecule has 1 N–H and O–H groups in total. The highest BCUT2D eigenvalue weighted by Gasteiger charge is 2.16. The Kier molecular flexibility index (Phi) is 5.05. The lowest BCUT2D eigenvalue weighted by atomic mass is 10.2. The lowest BCUT2D eigenvalue weighted by Gasteiger charge is -2.08. The highest BCUT2D eigenvalue weighted by Crippen LogP contribution is 2.19. The van der Waals surface area contributed by atoms with Crippen LogP contribution in [0.25, 0.3) is 0 Å². The van der Waals surface area contributed by atoms with Crippen LogP contribution < -0.4 is 10.9 Å². The summed E-state index contributed by atoms with van der Waals surface area (Å²) < 4.78 is 14.9. The van der Waals surface area contributed by atoms with Crippen LogP contribution >= 0.6 is 15.9 Å². The second-order valence-corrected chi connectivity index (χ2v) is 5.50. The molecule has 0 aliphatic heterocycles. The number of nitrogens with zero attached hydrogens (tertiary/aromatic N) is 3. The van der Waals surface area contributed by atoms with Crippen molar-refractivity contribution in [3.63, 3.8) is 0 Å². The molecule has 122 valence electrons. The molecule has 2 aromatic rings. The zero-order chi connectivity index (χ0) is 17.9. The third-order valence-electron chi connectivity index (χ3n) is 2.92. The molecule has 0 saturated heterocycles. The van der Waals surface area contributed by atoms with E-state index in [-0.39, 0.29) is 5.69 Å². The molecule has 0 unspecified atom stereocenters. The number of rotatable bonds is 4. The molecule has 0 bridgehead atoms. The van der Waals surface area contributed by atoms with Crippen LogP contribution in [0.15, 0.2) is 39.7 Å².